The second-order valence-corrected chi connectivity index (χ2v) is 4.52. The van der Waals surface area contributed by atoms with Gasteiger partial charge in [-0.3, -0.25) is 0 Å². The van der Waals surface area contributed by atoms with Crippen LogP contribution in [-0.4, -0.2) is 16.5 Å². The van der Waals surface area contributed by atoms with Crippen LogP contribution in [0.5, 0.6) is 0 Å². The van der Waals surface area contributed by atoms with E-state index in [9.17, 15) is 4.39 Å². The van der Waals surface area contributed by atoms with E-state index in [2.05, 4.69) is 15.3 Å². The number of hydrogen-bond acceptors (Lipinski definition) is 4. The maximum absolute atomic E-state index is 13.7. The van der Waals surface area contributed by atoms with Gasteiger partial charge in [-0.25, -0.2) is 14.4 Å². The molecule has 0 fully saturated rings. The molecule has 1 aromatic carbocycles. The summed E-state index contributed by atoms with van der Waals surface area (Å²) in [5.74, 6) is 0.713. The van der Waals surface area contributed by atoms with Gasteiger partial charge in [0.1, 0.15) is 5.69 Å². The minimum Gasteiger partial charge on any atom is -0.451 e. The van der Waals surface area contributed by atoms with Gasteiger partial charge in [0.05, 0.1) is 0 Å². The lowest BCUT2D eigenvalue weighted by Crippen LogP contribution is -2.03. The zero-order valence-corrected chi connectivity index (χ0v) is 11.3. The van der Waals surface area contributed by atoms with Gasteiger partial charge in [0, 0.05) is 18.1 Å². The minimum atomic E-state index is -0.368. The van der Waals surface area contributed by atoms with Crippen LogP contribution >= 0.6 is 0 Å². The molecule has 20 heavy (non-hydrogen) atoms. The zero-order chi connectivity index (χ0) is 14.1. The van der Waals surface area contributed by atoms with Gasteiger partial charge in [0.15, 0.2) is 17.2 Å². The van der Waals surface area contributed by atoms with E-state index in [1.165, 1.54) is 6.07 Å². The van der Waals surface area contributed by atoms with Crippen LogP contribution in [0.3, 0.4) is 0 Å². The third kappa shape index (κ3) is 2.11. The Balaban J connectivity index is 2.14. The van der Waals surface area contributed by atoms with Crippen molar-refractivity contribution >= 4 is 16.9 Å². The fraction of sp³-hybridized carbons (Fsp3) is 0.200. The molecule has 0 saturated heterocycles. The summed E-state index contributed by atoms with van der Waals surface area (Å²) in [4.78, 5) is 8.61. The first kappa shape index (κ1) is 12.6. The Morgan fingerprint density at radius 2 is 2.20 bits per heavy atom. The number of fused-ring (bicyclic) bond motifs is 1. The SMILES string of the molecule is CCNc1ncc(C)c(-c2cc3cccc(F)c3o2)n1. The first-order valence-corrected chi connectivity index (χ1v) is 6.45. The summed E-state index contributed by atoms with van der Waals surface area (Å²) in [5, 5.41) is 3.78. The van der Waals surface area contributed by atoms with E-state index >= 15 is 0 Å². The van der Waals surface area contributed by atoms with Gasteiger partial charge in [-0.15, -0.1) is 0 Å². The van der Waals surface area contributed by atoms with E-state index in [1.54, 1.807) is 18.3 Å². The number of furan rings is 1. The van der Waals surface area contributed by atoms with Gasteiger partial charge in [-0.1, -0.05) is 12.1 Å². The number of rotatable bonds is 3. The van der Waals surface area contributed by atoms with Gasteiger partial charge < -0.3 is 9.73 Å². The van der Waals surface area contributed by atoms with Crippen molar-refractivity contribution in [2.45, 2.75) is 13.8 Å². The molecule has 0 aliphatic heterocycles. The third-order valence-corrected chi connectivity index (χ3v) is 3.04. The summed E-state index contributed by atoms with van der Waals surface area (Å²) in [5.41, 5.74) is 1.81. The molecular formula is C15H14FN3O. The number of halogens is 1. The van der Waals surface area contributed by atoms with E-state index in [4.69, 9.17) is 4.42 Å². The first-order valence-electron chi connectivity index (χ1n) is 6.45. The number of aryl methyl sites for hydroxylation is 1. The second-order valence-electron chi connectivity index (χ2n) is 4.52. The van der Waals surface area contributed by atoms with Crippen LogP contribution in [0.15, 0.2) is 34.9 Å². The lowest BCUT2D eigenvalue weighted by Gasteiger charge is -2.05. The van der Waals surface area contributed by atoms with Gasteiger partial charge in [-0.2, -0.15) is 0 Å². The van der Waals surface area contributed by atoms with Crippen molar-refractivity contribution in [3.05, 3.63) is 41.8 Å². The van der Waals surface area contributed by atoms with Crippen LogP contribution in [0, 0.1) is 12.7 Å². The highest BCUT2D eigenvalue weighted by Crippen LogP contribution is 2.30. The Labute approximate surface area is 115 Å². The average Bonchev–Trinajstić information content (AvgIpc) is 2.86. The van der Waals surface area contributed by atoms with Crippen molar-refractivity contribution in [1.82, 2.24) is 9.97 Å². The van der Waals surface area contributed by atoms with E-state index in [-0.39, 0.29) is 11.4 Å². The molecule has 3 rings (SSSR count). The second kappa shape index (κ2) is 4.92. The van der Waals surface area contributed by atoms with Crippen molar-refractivity contribution in [1.29, 1.82) is 0 Å². The largest absolute Gasteiger partial charge is 0.451 e. The molecule has 0 radical (unpaired) electrons. The predicted octanol–water partition coefficient (Wildman–Crippen LogP) is 3.77. The molecule has 0 amide bonds. The number of benzene rings is 1. The van der Waals surface area contributed by atoms with Gasteiger partial charge in [-0.05, 0) is 31.5 Å². The highest BCUT2D eigenvalue weighted by atomic mass is 19.1. The Morgan fingerprint density at radius 3 is 2.95 bits per heavy atom. The van der Waals surface area contributed by atoms with E-state index < -0.39 is 0 Å². The molecule has 2 aromatic heterocycles. The molecule has 0 atom stereocenters. The van der Waals surface area contributed by atoms with Crippen molar-refractivity contribution in [2.75, 3.05) is 11.9 Å². The molecule has 5 heteroatoms. The van der Waals surface area contributed by atoms with Crippen LogP contribution in [-0.2, 0) is 0 Å². The molecule has 4 nitrogen and oxygen atoms in total. The fourth-order valence-corrected chi connectivity index (χ4v) is 2.08. The van der Waals surface area contributed by atoms with Crippen molar-refractivity contribution < 1.29 is 8.81 Å². The monoisotopic (exact) mass is 271 g/mol. The average molecular weight is 271 g/mol. The summed E-state index contributed by atoms with van der Waals surface area (Å²) in [6, 6.07) is 6.65. The smallest absolute Gasteiger partial charge is 0.223 e. The minimum absolute atomic E-state index is 0.255. The van der Waals surface area contributed by atoms with Crippen LogP contribution in [0.25, 0.3) is 22.4 Å². The number of anilines is 1. The molecule has 0 unspecified atom stereocenters. The van der Waals surface area contributed by atoms with Gasteiger partial charge in [0.25, 0.3) is 0 Å². The predicted molar refractivity (Wildman–Crippen MR) is 76.1 cm³/mol. The Morgan fingerprint density at radius 1 is 1.35 bits per heavy atom. The Bertz CT molecular complexity index is 767. The van der Waals surface area contributed by atoms with E-state index in [1.807, 2.05) is 19.9 Å². The summed E-state index contributed by atoms with van der Waals surface area (Å²) in [6.07, 6.45) is 1.73. The maximum atomic E-state index is 13.7. The highest BCUT2D eigenvalue weighted by molar-refractivity contribution is 5.83. The van der Waals surface area contributed by atoms with Crippen molar-refractivity contribution in [3.8, 4) is 11.5 Å². The first-order chi connectivity index (χ1) is 9.69. The molecule has 102 valence electrons. The fourth-order valence-electron chi connectivity index (χ4n) is 2.08. The van der Waals surface area contributed by atoms with Crippen LogP contribution < -0.4 is 5.32 Å². The molecule has 1 N–H and O–H groups in total. The molecule has 0 bridgehead atoms. The summed E-state index contributed by atoms with van der Waals surface area (Å²) < 4.78 is 19.3. The van der Waals surface area contributed by atoms with Crippen LogP contribution in [0.1, 0.15) is 12.5 Å². The van der Waals surface area contributed by atoms with Crippen LogP contribution in [0.4, 0.5) is 10.3 Å². The number of nitrogens with zero attached hydrogens (tertiary/aromatic N) is 2. The lowest BCUT2D eigenvalue weighted by molar-refractivity contribution is 0.567. The Hall–Kier alpha value is -2.43. The summed E-state index contributed by atoms with van der Waals surface area (Å²) >= 11 is 0. The van der Waals surface area contributed by atoms with Crippen molar-refractivity contribution in [3.63, 3.8) is 0 Å². The molecule has 2 heterocycles. The number of aromatic nitrogens is 2. The quantitative estimate of drug-likeness (QED) is 0.787. The summed E-state index contributed by atoms with van der Waals surface area (Å²) in [7, 11) is 0. The molecular weight excluding hydrogens is 257 g/mol. The lowest BCUT2D eigenvalue weighted by atomic mass is 10.2. The van der Waals surface area contributed by atoms with Gasteiger partial charge >= 0.3 is 0 Å². The number of para-hydroxylation sites is 1. The van der Waals surface area contributed by atoms with Crippen LogP contribution in [0.2, 0.25) is 0 Å². The maximum Gasteiger partial charge on any atom is 0.223 e. The summed E-state index contributed by atoms with van der Waals surface area (Å²) in [6.45, 7) is 4.60. The van der Waals surface area contributed by atoms with E-state index in [0.717, 1.165) is 17.5 Å². The molecule has 3 aromatic rings. The normalized spacial score (nSPS) is 10.9. The third-order valence-electron chi connectivity index (χ3n) is 3.04. The number of nitrogens with one attached hydrogen (secondary N) is 1. The van der Waals surface area contributed by atoms with E-state index in [0.29, 0.717) is 17.4 Å². The molecule has 0 aliphatic carbocycles. The zero-order valence-electron chi connectivity index (χ0n) is 11.3. The molecule has 0 saturated carbocycles. The standard InChI is InChI=1S/C15H14FN3O/c1-3-17-15-18-8-9(2)13(19-15)12-7-10-5-4-6-11(16)14(10)20-12/h4-8H,3H2,1-2H3,(H,17,18,19). The topological polar surface area (TPSA) is 51.0 Å². The van der Waals surface area contributed by atoms with Crippen molar-refractivity contribution in [2.24, 2.45) is 0 Å². The highest BCUT2D eigenvalue weighted by Gasteiger charge is 2.13. The Kier molecular flexibility index (Phi) is 3.10. The number of hydrogen-bond donors (Lipinski definition) is 1. The molecule has 0 aliphatic rings. The van der Waals surface area contributed by atoms with Gasteiger partial charge in [0.2, 0.25) is 5.95 Å². The molecule has 0 spiro atoms.